The molecule has 0 atom stereocenters. The van der Waals surface area contributed by atoms with Crippen molar-refractivity contribution in [1.82, 2.24) is 9.78 Å². The van der Waals surface area contributed by atoms with Gasteiger partial charge in [-0.2, -0.15) is 18.3 Å². The summed E-state index contributed by atoms with van der Waals surface area (Å²) in [6, 6.07) is 5.31. The standard InChI is InChI=1S/C13H12BrF3N2/c1-8-12(14)9(2)19(18-8)7-10-4-3-5-11(6-10)13(15,16)17/h3-6H,7H2,1-2H3. The molecule has 6 heteroatoms. The van der Waals surface area contributed by atoms with Crippen molar-refractivity contribution in [2.24, 2.45) is 0 Å². The van der Waals surface area contributed by atoms with Gasteiger partial charge in [0.25, 0.3) is 0 Å². The van der Waals surface area contributed by atoms with E-state index in [-0.39, 0.29) is 0 Å². The number of aryl methyl sites for hydroxylation is 1. The maximum Gasteiger partial charge on any atom is 0.416 e. The van der Waals surface area contributed by atoms with E-state index in [9.17, 15) is 13.2 Å². The molecule has 0 radical (unpaired) electrons. The van der Waals surface area contributed by atoms with E-state index < -0.39 is 11.7 Å². The third-order valence-electron chi connectivity index (χ3n) is 2.88. The zero-order chi connectivity index (χ0) is 14.2. The highest BCUT2D eigenvalue weighted by molar-refractivity contribution is 9.10. The number of rotatable bonds is 2. The van der Waals surface area contributed by atoms with Crippen LogP contribution >= 0.6 is 15.9 Å². The molecule has 0 N–H and O–H groups in total. The second-order valence-electron chi connectivity index (χ2n) is 4.34. The number of benzene rings is 1. The van der Waals surface area contributed by atoms with E-state index in [1.807, 2.05) is 13.8 Å². The molecule has 0 aliphatic heterocycles. The Balaban J connectivity index is 2.31. The van der Waals surface area contributed by atoms with Crippen LogP contribution in [0, 0.1) is 13.8 Å². The maximum absolute atomic E-state index is 12.6. The van der Waals surface area contributed by atoms with Gasteiger partial charge in [-0.15, -0.1) is 0 Å². The van der Waals surface area contributed by atoms with Crippen LogP contribution in [0.2, 0.25) is 0 Å². The first-order valence-electron chi connectivity index (χ1n) is 5.64. The number of hydrogen-bond donors (Lipinski definition) is 0. The molecule has 0 aliphatic carbocycles. The first-order chi connectivity index (χ1) is 8.79. The van der Waals surface area contributed by atoms with Crippen molar-refractivity contribution >= 4 is 15.9 Å². The molecule has 0 saturated heterocycles. The van der Waals surface area contributed by atoms with E-state index in [0.29, 0.717) is 12.1 Å². The molecule has 0 saturated carbocycles. The minimum absolute atomic E-state index is 0.322. The summed E-state index contributed by atoms with van der Waals surface area (Å²) in [6.07, 6.45) is -4.31. The first kappa shape index (κ1) is 14.1. The minimum atomic E-state index is -4.31. The van der Waals surface area contributed by atoms with Gasteiger partial charge in [0.2, 0.25) is 0 Å². The van der Waals surface area contributed by atoms with E-state index >= 15 is 0 Å². The summed E-state index contributed by atoms with van der Waals surface area (Å²) in [6.45, 7) is 4.04. The third-order valence-corrected chi connectivity index (χ3v) is 4.03. The number of hydrogen-bond acceptors (Lipinski definition) is 1. The lowest BCUT2D eigenvalue weighted by Crippen LogP contribution is -2.08. The van der Waals surface area contributed by atoms with Crippen LogP contribution in [0.4, 0.5) is 13.2 Å². The van der Waals surface area contributed by atoms with Crippen molar-refractivity contribution in [1.29, 1.82) is 0 Å². The molecule has 1 aromatic carbocycles. The summed E-state index contributed by atoms with van der Waals surface area (Å²) >= 11 is 3.40. The largest absolute Gasteiger partial charge is 0.416 e. The number of nitrogens with zero attached hydrogens (tertiary/aromatic N) is 2. The average molecular weight is 333 g/mol. The molecule has 0 bridgehead atoms. The van der Waals surface area contributed by atoms with Crippen molar-refractivity contribution < 1.29 is 13.2 Å². The van der Waals surface area contributed by atoms with Gasteiger partial charge in [0.15, 0.2) is 0 Å². The molecule has 2 nitrogen and oxygen atoms in total. The van der Waals surface area contributed by atoms with Gasteiger partial charge in [-0.25, -0.2) is 0 Å². The van der Waals surface area contributed by atoms with Crippen LogP contribution in [0.25, 0.3) is 0 Å². The van der Waals surface area contributed by atoms with Gasteiger partial charge in [-0.3, -0.25) is 4.68 Å². The SMILES string of the molecule is Cc1nn(Cc2cccc(C(F)(F)F)c2)c(C)c1Br. The van der Waals surface area contributed by atoms with Crippen molar-refractivity contribution in [3.05, 3.63) is 51.3 Å². The van der Waals surface area contributed by atoms with E-state index in [0.717, 1.165) is 28.0 Å². The fraction of sp³-hybridized carbons (Fsp3) is 0.308. The van der Waals surface area contributed by atoms with Crippen LogP contribution in [0.3, 0.4) is 0 Å². The molecule has 1 heterocycles. The fourth-order valence-electron chi connectivity index (χ4n) is 1.85. The van der Waals surface area contributed by atoms with Crippen LogP contribution in [0.15, 0.2) is 28.7 Å². The van der Waals surface area contributed by atoms with Gasteiger partial charge in [0.05, 0.1) is 28.0 Å². The maximum atomic E-state index is 12.6. The Bertz CT molecular complexity index is 602. The zero-order valence-corrected chi connectivity index (χ0v) is 12.0. The van der Waals surface area contributed by atoms with Crippen molar-refractivity contribution in [2.45, 2.75) is 26.6 Å². The lowest BCUT2D eigenvalue weighted by molar-refractivity contribution is -0.137. The van der Waals surface area contributed by atoms with E-state index in [2.05, 4.69) is 21.0 Å². The molecule has 19 heavy (non-hydrogen) atoms. The molecule has 0 spiro atoms. The molecule has 1 aromatic heterocycles. The first-order valence-corrected chi connectivity index (χ1v) is 6.44. The number of halogens is 4. The van der Waals surface area contributed by atoms with Crippen LogP contribution < -0.4 is 0 Å². The van der Waals surface area contributed by atoms with Gasteiger partial charge in [-0.05, 0) is 47.5 Å². The molecule has 0 aliphatic rings. The number of alkyl halides is 3. The Morgan fingerprint density at radius 1 is 1.26 bits per heavy atom. The van der Waals surface area contributed by atoms with Crippen LogP contribution in [-0.4, -0.2) is 9.78 Å². The Hall–Kier alpha value is -1.30. The minimum Gasteiger partial charge on any atom is -0.264 e. The highest BCUT2D eigenvalue weighted by Gasteiger charge is 2.30. The second kappa shape index (κ2) is 5.00. The number of aromatic nitrogens is 2. The molecule has 0 amide bonds. The Morgan fingerprint density at radius 3 is 2.47 bits per heavy atom. The monoisotopic (exact) mass is 332 g/mol. The van der Waals surface area contributed by atoms with Crippen LogP contribution in [-0.2, 0) is 12.7 Å². The molecular weight excluding hydrogens is 321 g/mol. The lowest BCUT2D eigenvalue weighted by atomic mass is 10.1. The topological polar surface area (TPSA) is 17.8 Å². The summed E-state index contributed by atoms with van der Waals surface area (Å²) in [5.41, 5.74) is 1.66. The third kappa shape index (κ3) is 3.00. The summed E-state index contributed by atoms with van der Waals surface area (Å²) in [5, 5.41) is 4.29. The fourth-order valence-corrected chi connectivity index (χ4v) is 2.13. The molecule has 102 valence electrons. The van der Waals surface area contributed by atoms with Gasteiger partial charge in [-0.1, -0.05) is 12.1 Å². The summed E-state index contributed by atoms with van der Waals surface area (Å²) in [7, 11) is 0. The van der Waals surface area contributed by atoms with E-state index in [1.165, 1.54) is 6.07 Å². The zero-order valence-electron chi connectivity index (χ0n) is 10.4. The predicted octanol–water partition coefficient (Wildman–Crippen LogP) is 4.33. The average Bonchev–Trinajstić information content (AvgIpc) is 2.56. The predicted molar refractivity (Wildman–Crippen MR) is 69.9 cm³/mol. The second-order valence-corrected chi connectivity index (χ2v) is 5.13. The molecule has 0 unspecified atom stereocenters. The Morgan fingerprint density at radius 2 is 1.95 bits per heavy atom. The van der Waals surface area contributed by atoms with Gasteiger partial charge in [0.1, 0.15) is 0 Å². The Kier molecular flexibility index (Phi) is 3.71. The van der Waals surface area contributed by atoms with Crippen LogP contribution in [0.5, 0.6) is 0 Å². The summed E-state index contributed by atoms with van der Waals surface area (Å²) in [4.78, 5) is 0. The highest BCUT2D eigenvalue weighted by Crippen LogP contribution is 2.30. The molecule has 2 rings (SSSR count). The highest BCUT2D eigenvalue weighted by atomic mass is 79.9. The molecular formula is C13H12BrF3N2. The van der Waals surface area contributed by atoms with E-state index in [1.54, 1.807) is 10.7 Å². The summed E-state index contributed by atoms with van der Waals surface area (Å²) in [5.74, 6) is 0. The van der Waals surface area contributed by atoms with Gasteiger partial charge >= 0.3 is 6.18 Å². The summed E-state index contributed by atoms with van der Waals surface area (Å²) < 4.78 is 40.5. The normalized spacial score (nSPS) is 11.9. The van der Waals surface area contributed by atoms with Crippen LogP contribution in [0.1, 0.15) is 22.5 Å². The van der Waals surface area contributed by atoms with Crippen molar-refractivity contribution in [3.8, 4) is 0 Å². The van der Waals surface area contributed by atoms with Gasteiger partial charge in [0, 0.05) is 0 Å². The van der Waals surface area contributed by atoms with Crippen molar-refractivity contribution in [3.63, 3.8) is 0 Å². The Labute approximate surface area is 117 Å². The van der Waals surface area contributed by atoms with Crippen molar-refractivity contribution in [2.75, 3.05) is 0 Å². The van der Waals surface area contributed by atoms with Gasteiger partial charge < -0.3 is 0 Å². The van der Waals surface area contributed by atoms with E-state index in [4.69, 9.17) is 0 Å². The smallest absolute Gasteiger partial charge is 0.264 e. The molecule has 0 fully saturated rings. The quantitative estimate of drug-likeness (QED) is 0.800. The molecule has 2 aromatic rings. The lowest BCUT2D eigenvalue weighted by Gasteiger charge is -2.09.